The lowest BCUT2D eigenvalue weighted by Gasteiger charge is -2.45. The molecule has 0 atom stereocenters. The second kappa shape index (κ2) is 19.4. The van der Waals surface area contributed by atoms with Crippen molar-refractivity contribution in [3.05, 3.63) is 214 Å². The van der Waals surface area contributed by atoms with E-state index in [4.69, 9.17) is 9.47 Å². The number of aryl methyl sites for hydroxylation is 6. The molecule has 0 saturated carbocycles. The van der Waals surface area contributed by atoms with Crippen LogP contribution in [-0.2, 0) is 16.2 Å². The van der Waals surface area contributed by atoms with Gasteiger partial charge in [-0.25, -0.2) is 0 Å². The summed E-state index contributed by atoms with van der Waals surface area (Å²) in [7, 11) is 0. The fourth-order valence-electron chi connectivity index (χ4n) is 16.9. The van der Waals surface area contributed by atoms with Crippen LogP contribution in [0, 0.1) is 41.5 Å². The standard InChI is InChI=1S/C82H73B3N4O2S2/c1-43-29-45(3)74(46(4)30-43)88-61-41-59-55(84-71-60(86-59)33-49(80(7,8)9)34-63(71)87(52-23-17-16-18-24-52)76-53-25-19-21-27-69(53)92-78(76)84)39-56(61)83-58-40-57-62(42-66(58)90-67-37-50(81(10,11)12)35-64(88)72(67)83)89(75-47(5)31-44(2)32-48(75)6)65-36-51(82(13,14)15)38-68-73(65)85(57)79-77(91-68)54-26-20-22-28-70(54)93-79/h16-42,86H,1-15H3. The van der Waals surface area contributed by atoms with Crippen LogP contribution in [0.1, 0.15) is 112 Å². The second-order valence-electron chi connectivity index (χ2n) is 30.5. The Labute approximate surface area is 556 Å². The molecule has 0 unspecified atom stereocenters. The molecular weight excluding hydrogens is 1170 g/mol. The predicted molar refractivity (Wildman–Crippen MR) is 403 cm³/mol. The lowest BCUT2D eigenvalue weighted by molar-refractivity contribution is 0.483. The molecule has 0 spiro atoms. The first-order valence-corrected chi connectivity index (χ1v) is 34.8. The zero-order valence-electron chi connectivity index (χ0n) is 55.8. The molecule has 10 aromatic carbocycles. The summed E-state index contributed by atoms with van der Waals surface area (Å²) in [6, 6.07) is 63.4. The van der Waals surface area contributed by atoms with Crippen molar-refractivity contribution in [1.82, 2.24) is 0 Å². The van der Waals surface area contributed by atoms with Crippen LogP contribution in [-0.4, -0.2) is 20.1 Å². The molecular formula is C82H73B3N4O2S2. The molecule has 454 valence electrons. The molecule has 0 saturated heterocycles. The second-order valence-corrected chi connectivity index (χ2v) is 32.7. The maximum absolute atomic E-state index is 7.87. The van der Waals surface area contributed by atoms with E-state index in [0.717, 1.165) is 56.8 Å². The largest absolute Gasteiger partial charge is 0.458 e. The molecule has 8 heterocycles. The number of nitrogens with one attached hydrogen (secondary N) is 1. The summed E-state index contributed by atoms with van der Waals surface area (Å²) >= 11 is 3.84. The van der Waals surface area contributed by atoms with Crippen molar-refractivity contribution >= 4 is 173 Å². The molecule has 6 nitrogen and oxygen atoms in total. The fourth-order valence-corrected chi connectivity index (χ4v) is 19.5. The van der Waals surface area contributed by atoms with Gasteiger partial charge in [0, 0.05) is 81.3 Å². The van der Waals surface area contributed by atoms with E-state index < -0.39 is 0 Å². The van der Waals surface area contributed by atoms with Crippen molar-refractivity contribution in [3.63, 3.8) is 0 Å². The number of rotatable bonds is 3. The third kappa shape index (κ3) is 8.15. The number of benzene rings is 10. The first kappa shape index (κ1) is 56.8. The normalized spacial score (nSPS) is 14.5. The van der Waals surface area contributed by atoms with Gasteiger partial charge in [0.05, 0.1) is 17.1 Å². The number of fused-ring (bicyclic) bond motifs is 16. The van der Waals surface area contributed by atoms with Crippen molar-refractivity contribution in [3.8, 4) is 23.0 Å². The SMILES string of the molecule is Cc1cc(C)c(N2c3cc4c(cc3B3c5cc6c(cc5Oc5cc(C(C)(C)C)cc2c53)N(c2c(C)cc(C)cc2C)c2cc(C(C)(C)C)cc3c2B6c2sc5ccccc5c2O3)B2c3sc5ccccc5c3N(c3ccccc3)c3cc(C(C)(C)C)cc(c32)N4)c(C)c1. The van der Waals surface area contributed by atoms with Crippen LogP contribution >= 0.6 is 22.7 Å². The van der Waals surface area contributed by atoms with Crippen LogP contribution in [0.4, 0.5) is 62.6 Å². The van der Waals surface area contributed by atoms with Gasteiger partial charge in [0.25, 0.3) is 20.1 Å². The summed E-state index contributed by atoms with van der Waals surface area (Å²) in [5.41, 5.74) is 32.4. The Bertz CT molecular complexity index is 5290. The quantitative estimate of drug-likeness (QED) is 0.178. The van der Waals surface area contributed by atoms with E-state index in [1.165, 1.54) is 147 Å². The first-order valence-electron chi connectivity index (χ1n) is 33.1. The topological polar surface area (TPSA) is 40.2 Å². The average molecular weight is 1240 g/mol. The van der Waals surface area contributed by atoms with Gasteiger partial charge in [-0.2, -0.15) is 0 Å². The minimum absolute atomic E-state index is 0.0720. The Morgan fingerprint density at radius 1 is 0.366 bits per heavy atom. The molecule has 0 aliphatic carbocycles. The molecule has 0 bridgehead atoms. The Hall–Kier alpha value is -8.89. The Morgan fingerprint density at radius 2 is 0.839 bits per heavy atom. The summed E-state index contributed by atoms with van der Waals surface area (Å²) < 4.78 is 20.4. The van der Waals surface area contributed by atoms with E-state index in [9.17, 15) is 0 Å². The van der Waals surface area contributed by atoms with E-state index in [2.05, 4.69) is 288 Å². The smallest absolute Gasteiger partial charge is 0.268 e. The van der Waals surface area contributed by atoms with E-state index >= 15 is 0 Å². The van der Waals surface area contributed by atoms with Crippen LogP contribution in [0.15, 0.2) is 164 Å². The van der Waals surface area contributed by atoms with Gasteiger partial charge < -0.3 is 29.5 Å². The predicted octanol–water partition coefficient (Wildman–Crippen LogP) is 17.0. The molecule has 0 amide bonds. The minimum atomic E-state index is -0.224. The summed E-state index contributed by atoms with van der Waals surface area (Å²) in [4.78, 5) is 7.81. The van der Waals surface area contributed by atoms with E-state index in [0.29, 0.717) is 0 Å². The summed E-state index contributed by atoms with van der Waals surface area (Å²) in [5.74, 6) is 3.70. The van der Waals surface area contributed by atoms with Crippen molar-refractivity contribution in [2.75, 3.05) is 20.0 Å². The molecule has 1 N–H and O–H groups in total. The average Bonchev–Trinajstić information content (AvgIpc) is 1.52. The Balaban J connectivity index is 0.961. The Morgan fingerprint density at radius 3 is 1.44 bits per heavy atom. The van der Waals surface area contributed by atoms with Gasteiger partial charge in [-0.1, -0.05) is 158 Å². The third-order valence-corrected chi connectivity index (χ3v) is 23.5. The molecule has 18 rings (SSSR count). The van der Waals surface area contributed by atoms with Gasteiger partial charge in [-0.15, -0.1) is 22.7 Å². The number of nitrogens with zero attached hydrogens (tertiary/aromatic N) is 3. The molecule has 6 aliphatic rings. The van der Waals surface area contributed by atoms with Gasteiger partial charge in [-0.05, 0) is 208 Å². The first-order chi connectivity index (χ1) is 44.5. The van der Waals surface area contributed by atoms with Crippen molar-refractivity contribution in [2.24, 2.45) is 0 Å². The highest BCUT2D eigenvalue weighted by Crippen LogP contribution is 2.53. The number of thiophene rings is 2. The monoisotopic (exact) mass is 1240 g/mol. The lowest BCUT2D eigenvalue weighted by Crippen LogP contribution is -2.65. The van der Waals surface area contributed by atoms with Gasteiger partial charge in [0.15, 0.2) is 0 Å². The van der Waals surface area contributed by atoms with Crippen LogP contribution in [0.25, 0.3) is 20.2 Å². The van der Waals surface area contributed by atoms with Gasteiger partial charge in [0.1, 0.15) is 23.0 Å². The van der Waals surface area contributed by atoms with Crippen molar-refractivity contribution in [2.45, 2.75) is 120 Å². The lowest BCUT2D eigenvalue weighted by atomic mass is 9.30. The summed E-state index contributed by atoms with van der Waals surface area (Å²) in [6.07, 6.45) is 0. The maximum atomic E-state index is 7.87. The minimum Gasteiger partial charge on any atom is -0.458 e. The van der Waals surface area contributed by atoms with Gasteiger partial charge in [-0.3, -0.25) is 0 Å². The van der Waals surface area contributed by atoms with Gasteiger partial charge in [0.2, 0.25) is 0 Å². The molecule has 12 aromatic rings. The number of anilines is 11. The molecule has 0 radical (unpaired) electrons. The number of hydrogen-bond donors (Lipinski definition) is 1. The number of hydrogen-bond acceptors (Lipinski definition) is 8. The molecule has 93 heavy (non-hydrogen) atoms. The van der Waals surface area contributed by atoms with E-state index in [1.54, 1.807) is 0 Å². The fraction of sp³-hybridized carbons (Fsp3) is 0.220. The highest BCUT2D eigenvalue weighted by molar-refractivity contribution is 7.34. The zero-order valence-corrected chi connectivity index (χ0v) is 57.4. The van der Waals surface area contributed by atoms with Crippen molar-refractivity contribution in [1.29, 1.82) is 0 Å². The van der Waals surface area contributed by atoms with Crippen molar-refractivity contribution < 1.29 is 9.47 Å². The van der Waals surface area contributed by atoms with Crippen LogP contribution in [0.5, 0.6) is 23.0 Å². The number of para-hydroxylation sites is 1. The number of ether oxygens (including phenoxy) is 2. The third-order valence-electron chi connectivity index (χ3n) is 21.0. The molecule has 6 aliphatic heterocycles. The molecule has 0 fully saturated rings. The van der Waals surface area contributed by atoms with Gasteiger partial charge >= 0.3 is 0 Å². The molecule has 11 heteroatoms. The zero-order chi connectivity index (χ0) is 64.0. The Kier molecular flexibility index (Phi) is 11.8. The molecule has 2 aromatic heterocycles. The van der Waals surface area contributed by atoms with E-state index in [1.807, 2.05) is 22.7 Å². The van der Waals surface area contributed by atoms with Crippen LogP contribution in [0.2, 0.25) is 0 Å². The van der Waals surface area contributed by atoms with E-state index in [-0.39, 0.29) is 36.4 Å². The van der Waals surface area contributed by atoms with Crippen LogP contribution < -0.4 is 77.3 Å². The maximum Gasteiger partial charge on any atom is 0.268 e. The van der Waals surface area contributed by atoms with Crippen LogP contribution in [0.3, 0.4) is 0 Å². The summed E-state index contributed by atoms with van der Waals surface area (Å²) in [6.45, 7) is 34.3. The highest BCUT2D eigenvalue weighted by Gasteiger charge is 2.51. The highest BCUT2D eigenvalue weighted by atomic mass is 32.1. The summed E-state index contributed by atoms with van der Waals surface area (Å²) in [5, 5.41) is 6.71.